The number of benzene rings is 2. The van der Waals surface area contributed by atoms with Gasteiger partial charge in [0, 0.05) is 23.2 Å². The van der Waals surface area contributed by atoms with Crippen molar-refractivity contribution in [1.82, 2.24) is 5.32 Å². The summed E-state index contributed by atoms with van der Waals surface area (Å²) in [6.45, 7) is 4.87. The molecule has 0 bridgehead atoms. The molecule has 4 heteroatoms. The SMILES string of the molecule is CC(C)NCc1ccc(-c2cccc(Br)c2F)cc1Cl. The highest BCUT2D eigenvalue weighted by molar-refractivity contribution is 9.10. The van der Waals surface area contributed by atoms with E-state index in [1.165, 1.54) is 0 Å². The lowest BCUT2D eigenvalue weighted by Crippen LogP contribution is -2.21. The van der Waals surface area contributed by atoms with Crippen molar-refractivity contribution in [3.8, 4) is 11.1 Å². The number of hydrogen-bond acceptors (Lipinski definition) is 1. The van der Waals surface area contributed by atoms with Crippen molar-refractivity contribution < 1.29 is 4.39 Å². The van der Waals surface area contributed by atoms with Gasteiger partial charge in [0.15, 0.2) is 0 Å². The van der Waals surface area contributed by atoms with Crippen LogP contribution in [0.25, 0.3) is 11.1 Å². The molecule has 0 heterocycles. The van der Waals surface area contributed by atoms with E-state index >= 15 is 0 Å². The first-order chi connectivity index (χ1) is 9.49. The second-order valence-corrected chi connectivity index (χ2v) is 6.20. The molecule has 0 atom stereocenters. The van der Waals surface area contributed by atoms with E-state index in [0.717, 1.165) is 11.1 Å². The molecule has 106 valence electrons. The fraction of sp³-hybridized carbons (Fsp3) is 0.250. The maximum atomic E-state index is 14.1. The molecule has 0 amide bonds. The molecule has 0 aliphatic rings. The summed E-state index contributed by atoms with van der Waals surface area (Å²) in [6, 6.07) is 11.3. The van der Waals surface area contributed by atoms with Crippen molar-refractivity contribution in [3.63, 3.8) is 0 Å². The van der Waals surface area contributed by atoms with Crippen LogP contribution >= 0.6 is 27.5 Å². The van der Waals surface area contributed by atoms with Gasteiger partial charge in [-0.1, -0.05) is 49.7 Å². The van der Waals surface area contributed by atoms with Gasteiger partial charge in [-0.2, -0.15) is 0 Å². The molecule has 0 aromatic heterocycles. The van der Waals surface area contributed by atoms with E-state index in [0.29, 0.717) is 27.6 Å². The quantitative estimate of drug-likeness (QED) is 0.772. The number of rotatable bonds is 4. The highest BCUT2D eigenvalue weighted by Gasteiger charge is 2.10. The minimum Gasteiger partial charge on any atom is -0.310 e. The van der Waals surface area contributed by atoms with Crippen LogP contribution in [0.15, 0.2) is 40.9 Å². The molecule has 0 spiro atoms. The molecule has 0 aliphatic carbocycles. The zero-order valence-electron chi connectivity index (χ0n) is 11.4. The van der Waals surface area contributed by atoms with Crippen LogP contribution in [-0.2, 0) is 6.54 Å². The smallest absolute Gasteiger partial charge is 0.145 e. The average molecular weight is 357 g/mol. The van der Waals surface area contributed by atoms with E-state index in [1.54, 1.807) is 12.1 Å². The van der Waals surface area contributed by atoms with Crippen LogP contribution in [0.1, 0.15) is 19.4 Å². The van der Waals surface area contributed by atoms with Gasteiger partial charge in [0.1, 0.15) is 5.82 Å². The lowest BCUT2D eigenvalue weighted by molar-refractivity contribution is 0.589. The first-order valence-corrected chi connectivity index (χ1v) is 7.62. The van der Waals surface area contributed by atoms with Crippen molar-refractivity contribution in [2.75, 3.05) is 0 Å². The average Bonchev–Trinajstić information content (AvgIpc) is 2.40. The van der Waals surface area contributed by atoms with Gasteiger partial charge in [-0.3, -0.25) is 0 Å². The monoisotopic (exact) mass is 355 g/mol. The van der Waals surface area contributed by atoms with E-state index in [-0.39, 0.29) is 5.82 Å². The van der Waals surface area contributed by atoms with Gasteiger partial charge in [0.05, 0.1) is 4.47 Å². The van der Waals surface area contributed by atoms with Crippen LogP contribution in [0, 0.1) is 5.82 Å². The molecule has 1 N–H and O–H groups in total. The molecule has 0 radical (unpaired) electrons. The molecule has 0 aliphatic heterocycles. The summed E-state index contributed by atoms with van der Waals surface area (Å²) < 4.78 is 14.5. The highest BCUT2D eigenvalue weighted by Crippen LogP contribution is 2.30. The second-order valence-electron chi connectivity index (χ2n) is 4.94. The Morgan fingerprint density at radius 3 is 2.65 bits per heavy atom. The summed E-state index contributed by atoms with van der Waals surface area (Å²) in [5, 5.41) is 3.96. The van der Waals surface area contributed by atoms with Gasteiger partial charge in [-0.25, -0.2) is 4.39 Å². The Hall–Kier alpha value is -0.900. The predicted octanol–water partition coefficient (Wildman–Crippen LogP) is 5.41. The fourth-order valence-electron chi connectivity index (χ4n) is 1.90. The van der Waals surface area contributed by atoms with Gasteiger partial charge in [-0.15, -0.1) is 0 Å². The molecular formula is C16H16BrClFN. The molecule has 0 saturated carbocycles. The van der Waals surface area contributed by atoms with Crippen LogP contribution in [0.2, 0.25) is 5.02 Å². The topological polar surface area (TPSA) is 12.0 Å². The number of nitrogens with one attached hydrogen (secondary N) is 1. The van der Waals surface area contributed by atoms with Crippen molar-refractivity contribution in [3.05, 3.63) is 57.3 Å². The van der Waals surface area contributed by atoms with Crippen LogP contribution in [0.3, 0.4) is 0 Å². The number of hydrogen-bond donors (Lipinski definition) is 1. The maximum Gasteiger partial charge on any atom is 0.145 e. The third kappa shape index (κ3) is 3.60. The zero-order chi connectivity index (χ0) is 14.7. The molecule has 20 heavy (non-hydrogen) atoms. The molecule has 0 fully saturated rings. The molecule has 1 nitrogen and oxygen atoms in total. The summed E-state index contributed by atoms with van der Waals surface area (Å²) in [5.41, 5.74) is 2.34. The Morgan fingerprint density at radius 1 is 1.25 bits per heavy atom. The third-order valence-electron chi connectivity index (χ3n) is 3.02. The van der Waals surface area contributed by atoms with Crippen molar-refractivity contribution in [2.45, 2.75) is 26.4 Å². The molecule has 2 rings (SSSR count). The van der Waals surface area contributed by atoms with Gasteiger partial charge in [0.25, 0.3) is 0 Å². The zero-order valence-corrected chi connectivity index (χ0v) is 13.7. The normalized spacial score (nSPS) is 11.1. The standard InChI is InChI=1S/C16H16BrClFN/c1-10(2)20-9-12-7-6-11(8-15(12)18)13-4-3-5-14(17)16(13)19/h3-8,10,20H,9H2,1-2H3. The predicted molar refractivity (Wildman–Crippen MR) is 86.5 cm³/mol. The van der Waals surface area contributed by atoms with Gasteiger partial charge < -0.3 is 5.32 Å². The van der Waals surface area contributed by atoms with Gasteiger partial charge in [-0.05, 0) is 39.2 Å². The van der Waals surface area contributed by atoms with E-state index in [9.17, 15) is 4.39 Å². The minimum atomic E-state index is -0.267. The molecule has 2 aromatic carbocycles. The van der Waals surface area contributed by atoms with E-state index < -0.39 is 0 Å². The molecular weight excluding hydrogens is 341 g/mol. The second kappa shape index (κ2) is 6.70. The van der Waals surface area contributed by atoms with Crippen molar-refractivity contribution >= 4 is 27.5 Å². The Morgan fingerprint density at radius 2 is 2.00 bits per heavy atom. The minimum absolute atomic E-state index is 0.267. The maximum absolute atomic E-state index is 14.1. The van der Waals surface area contributed by atoms with Gasteiger partial charge in [0.2, 0.25) is 0 Å². The van der Waals surface area contributed by atoms with Crippen LogP contribution in [0.4, 0.5) is 4.39 Å². The third-order valence-corrected chi connectivity index (χ3v) is 3.98. The van der Waals surface area contributed by atoms with E-state index in [1.807, 2.05) is 24.3 Å². The largest absolute Gasteiger partial charge is 0.310 e. The molecule has 0 unspecified atom stereocenters. The Balaban J connectivity index is 2.31. The first kappa shape index (κ1) is 15.5. The highest BCUT2D eigenvalue weighted by atomic mass is 79.9. The molecule has 0 saturated heterocycles. The Bertz CT molecular complexity index is 613. The Kier molecular flexibility index (Phi) is 5.19. The molecule has 2 aromatic rings. The summed E-state index contributed by atoms with van der Waals surface area (Å²) in [6.07, 6.45) is 0. The number of halogens is 3. The Labute approximate surface area is 132 Å². The fourth-order valence-corrected chi connectivity index (χ4v) is 2.51. The summed E-state index contributed by atoms with van der Waals surface area (Å²) in [4.78, 5) is 0. The van der Waals surface area contributed by atoms with E-state index in [2.05, 4.69) is 35.1 Å². The van der Waals surface area contributed by atoms with Crippen LogP contribution in [0.5, 0.6) is 0 Å². The first-order valence-electron chi connectivity index (χ1n) is 6.45. The van der Waals surface area contributed by atoms with Crippen LogP contribution < -0.4 is 5.32 Å². The lowest BCUT2D eigenvalue weighted by atomic mass is 10.0. The lowest BCUT2D eigenvalue weighted by Gasteiger charge is -2.11. The van der Waals surface area contributed by atoms with Crippen molar-refractivity contribution in [2.24, 2.45) is 0 Å². The van der Waals surface area contributed by atoms with Crippen LogP contribution in [-0.4, -0.2) is 6.04 Å². The van der Waals surface area contributed by atoms with E-state index in [4.69, 9.17) is 11.6 Å². The van der Waals surface area contributed by atoms with Gasteiger partial charge >= 0.3 is 0 Å². The van der Waals surface area contributed by atoms with Crippen molar-refractivity contribution in [1.29, 1.82) is 0 Å². The summed E-state index contributed by atoms with van der Waals surface area (Å²) in [5.74, 6) is -0.267. The summed E-state index contributed by atoms with van der Waals surface area (Å²) >= 11 is 9.48. The summed E-state index contributed by atoms with van der Waals surface area (Å²) in [7, 11) is 0.